The molecule has 0 unspecified atom stereocenters. The highest BCUT2D eigenvalue weighted by Gasteiger charge is 2.28. The van der Waals surface area contributed by atoms with Gasteiger partial charge in [-0.05, 0) is 35.4 Å². The monoisotopic (exact) mass is 291 g/mol. The lowest BCUT2D eigenvalue weighted by Gasteiger charge is -2.03. The summed E-state index contributed by atoms with van der Waals surface area (Å²) in [4.78, 5) is 18.4. The van der Waals surface area contributed by atoms with E-state index in [0.717, 1.165) is 22.1 Å². The molecule has 0 atom stereocenters. The number of aromatic nitrogens is 2. The fraction of sp³-hybridized carbons (Fsp3) is 0.500. The molecule has 0 saturated heterocycles. The number of hydrogen-bond acceptors (Lipinski definition) is 3. The lowest BCUT2D eigenvalue weighted by atomic mass is 10.3. The van der Waals surface area contributed by atoms with E-state index in [-0.39, 0.29) is 5.56 Å². The predicted octanol–water partition coefficient (Wildman–Crippen LogP) is 1.29. The molecule has 1 saturated carbocycles. The van der Waals surface area contributed by atoms with Crippen molar-refractivity contribution in [2.45, 2.75) is 18.8 Å². The van der Waals surface area contributed by atoms with Crippen LogP contribution >= 0.6 is 22.6 Å². The van der Waals surface area contributed by atoms with Gasteiger partial charge >= 0.3 is 0 Å². The minimum atomic E-state index is -0.0400. The van der Waals surface area contributed by atoms with Gasteiger partial charge in [0.2, 0.25) is 5.95 Å². The molecule has 0 bridgehead atoms. The van der Waals surface area contributed by atoms with Gasteiger partial charge in [-0.2, -0.15) is 0 Å². The Kier molecular flexibility index (Phi) is 2.27. The molecule has 0 spiro atoms. The number of hydrogen-bond donors (Lipinski definition) is 2. The van der Waals surface area contributed by atoms with Gasteiger partial charge in [0, 0.05) is 13.0 Å². The van der Waals surface area contributed by atoms with Crippen molar-refractivity contribution in [3.63, 3.8) is 0 Å². The lowest BCUT2D eigenvalue weighted by molar-refractivity contribution is 0.954. The van der Waals surface area contributed by atoms with Gasteiger partial charge in [0.05, 0.1) is 5.69 Å². The van der Waals surface area contributed by atoms with Crippen LogP contribution in [0.15, 0.2) is 4.79 Å². The number of anilines is 1. The second kappa shape index (κ2) is 3.28. The van der Waals surface area contributed by atoms with E-state index in [9.17, 15) is 4.79 Å². The number of halogens is 1. The second-order valence-electron chi connectivity index (χ2n) is 3.14. The summed E-state index contributed by atoms with van der Waals surface area (Å²) in [6.07, 6.45) is 2.32. The second-order valence-corrected chi connectivity index (χ2v) is 4.22. The zero-order valence-corrected chi connectivity index (χ0v) is 9.38. The van der Waals surface area contributed by atoms with Crippen molar-refractivity contribution in [2.24, 2.45) is 0 Å². The first kappa shape index (κ1) is 8.98. The highest BCUT2D eigenvalue weighted by molar-refractivity contribution is 14.1. The van der Waals surface area contributed by atoms with Gasteiger partial charge in [-0.3, -0.25) is 9.78 Å². The molecule has 70 valence electrons. The molecule has 1 aliphatic carbocycles. The zero-order valence-electron chi connectivity index (χ0n) is 7.22. The van der Waals surface area contributed by atoms with Crippen molar-refractivity contribution in [3.05, 3.63) is 19.6 Å². The maximum atomic E-state index is 11.4. The topological polar surface area (TPSA) is 57.8 Å². The molecule has 0 aliphatic heterocycles. The van der Waals surface area contributed by atoms with E-state index in [2.05, 4.69) is 37.9 Å². The van der Waals surface area contributed by atoms with Crippen LogP contribution in [0.25, 0.3) is 0 Å². The van der Waals surface area contributed by atoms with Crippen molar-refractivity contribution in [2.75, 3.05) is 12.4 Å². The molecular formula is C8H10IN3O. The van der Waals surface area contributed by atoms with Crippen molar-refractivity contribution < 1.29 is 0 Å². The van der Waals surface area contributed by atoms with E-state index in [1.54, 1.807) is 7.05 Å². The van der Waals surface area contributed by atoms with E-state index >= 15 is 0 Å². The van der Waals surface area contributed by atoms with E-state index in [4.69, 9.17) is 0 Å². The Morgan fingerprint density at radius 1 is 1.62 bits per heavy atom. The van der Waals surface area contributed by atoms with Crippen LogP contribution in [-0.4, -0.2) is 17.0 Å². The van der Waals surface area contributed by atoms with Crippen LogP contribution in [-0.2, 0) is 0 Å². The fourth-order valence-electron chi connectivity index (χ4n) is 1.22. The first-order valence-corrected chi connectivity index (χ1v) is 5.27. The molecule has 2 rings (SSSR count). The maximum absolute atomic E-state index is 11.4. The third kappa shape index (κ3) is 1.70. The summed E-state index contributed by atoms with van der Waals surface area (Å²) < 4.78 is 0.735. The zero-order chi connectivity index (χ0) is 9.42. The van der Waals surface area contributed by atoms with Crippen molar-refractivity contribution in [1.82, 2.24) is 9.97 Å². The predicted molar refractivity (Wildman–Crippen MR) is 59.1 cm³/mol. The standard InChI is InChI=1S/C8H10IN3O/c1-10-8-11-6(4-2-3-4)5(9)7(13)12-8/h4H,2-3H2,1H3,(H2,10,11,12,13). The fourth-order valence-corrected chi connectivity index (χ4v) is 1.92. The lowest BCUT2D eigenvalue weighted by Crippen LogP contribution is -2.16. The van der Waals surface area contributed by atoms with Gasteiger partial charge in [-0.25, -0.2) is 4.98 Å². The Balaban J connectivity index is 2.52. The highest BCUT2D eigenvalue weighted by Crippen LogP contribution is 2.40. The highest BCUT2D eigenvalue weighted by atomic mass is 127. The summed E-state index contributed by atoms with van der Waals surface area (Å²) in [5.41, 5.74) is 0.913. The van der Waals surface area contributed by atoms with Gasteiger partial charge in [-0.1, -0.05) is 0 Å². The van der Waals surface area contributed by atoms with Crippen LogP contribution in [0, 0.1) is 3.57 Å². The van der Waals surface area contributed by atoms with Gasteiger partial charge in [0.15, 0.2) is 0 Å². The van der Waals surface area contributed by atoms with E-state index in [1.165, 1.54) is 0 Å². The summed E-state index contributed by atoms with van der Waals surface area (Å²) in [6, 6.07) is 0. The molecule has 2 N–H and O–H groups in total. The minimum Gasteiger partial charge on any atom is -0.359 e. The SMILES string of the molecule is CNc1nc(C2CC2)c(I)c(=O)[nH]1. The smallest absolute Gasteiger partial charge is 0.266 e. The third-order valence-electron chi connectivity index (χ3n) is 2.09. The van der Waals surface area contributed by atoms with Crippen LogP contribution in [0.5, 0.6) is 0 Å². The minimum absolute atomic E-state index is 0.0400. The molecule has 1 heterocycles. The number of aromatic amines is 1. The van der Waals surface area contributed by atoms with Crippen LogP contribution in [0.2, 0.25) is 0 Å². The molecule has 0 aromatic carbocycles. The summed E-state index contributed by atoms with van der Waals surface area (Å²) >= 11 is 2.06. The summed E-state index contributed by atoms with van der Waals surface area (Å²) in [6.45, 7) is 0. The number of H-pyrrole nitrogens is 1. The molecule has 13 heavy (non-hydrogen) atoms. The Morgan fingerprint density at radius 2 is 2.31 bits per heavy atom. The van der Waals surface area contributed by atoms with E-state index in [1.807, 2.05) is 0 Å². The first-order valence-electron chi connectivity index (χ1n) is 4.20. The molecule has 0 amide bonds. The normalized spacial score (nSPS) is 15.8. The average molecular weight is 291 g/mol. The van der Waals surface area contributed by atoms with E-state index < -0.39 is 0 Å². The summed E-state index contributed by atoms with van der Waals surface area (Å²) in [5.74, 6) is 1.08. The van der Waals surface area contributed by atoms with Gasteiger partial charge in [-0.15, -0.1) is 0 Å². The van der Waals surface area contributed by atoms with Crippen molar-refractivity contribution in [1.29, 1.82) is 0 Å². The molecule has 1 aromatic heterocycles. The van der Waals surface area contributed by atoms with Gasteiger partial charge in [0.25, 0.3) is 5.56 Å². The molecule has 0 radical (unpaired) electrons. The van der Waals surface area contributed by atoms with Crippen LogP contribution in [0.1, 0.15) is 24.5 Å². The van der Waals surface area contributed by atoms with Crippen LogP contribution in [0.4, 0.5) is 5.95 Å². The van der Waals surface area contributed by atoms with Crippen molar-refractivity contribution in [3.8, 4) is 0 Å². The third-order valence-corrected chi connectivity index (χ3v) is 3.13. The van der Waals surface area contributed by atoms with Gasteiger partial charge in [0.1, 0.15) is 3.57 Å². The maximum Gasteiger partial charge on any atom is 0.266 e. The summed E-state index contributed by atoms with van der Waals surface area (Å²) in [5, 5.41) is 2.85. The van der Waals surface area contributed by atoms with Gasteiger partial charge < -0.3 is 5.32 Å². The Morgan fingerprint density at radius 3 is 2.85 bits per heavy atom. The largest absolute Gasteiger partial charge is 0.359 e. The quantitative estimate of drug-likeness (QED) is 0.807. The number of nitrogens with one attached hydrogen (secondary N) is 2. The molecule has 5 heteroatoms. The Hall–Kier alpha value is -0.590. The number of rotatable bonds is 2. The number of nitrogens with zero attached hydrogens (tertiary/aromatic N) is 1. The molecule has 1 aliphatic rings. The molecule has 1 fully saturated rings. The van der Waals surface area contributed by atoms with Crippen LogP contribution in [0.3, 0.4) is 0 Å². The molecule has 1 aromatic rings. The Labute approximate surface area is 89.3 Å². The molecular weight excluding hydrogens is 281 g/mol. The molecule has 4 nitrogen and oxygen atoms in total. The first-order chi connectivity index (χ1) is 6.22. The van der Waals surface area contributed by atoms with Crippen molar-refractivity contribution >= 4 is 28.5 Å². The average Bonchev–Trinajstić information content (AvgIpc) is 2.92. The Bertz CT molecular complexity index is 383. The van der Waals surface area contributed by atoms with Crippen LogP contribution < -0.4 is 10.9 Å². The summed E-state index contributed by atoms with van der Waals surface area (Å²) in [7, 11) is 1.75. The van der Waals surface area contributed by atoms with E-state index in [0.29, 0.717) is 11.9 Å².